The van der Waals surface area contributed by atoms with Gasteiger partial charge in [-0.2, -0.15) is 0 Å². The Kier molecular flexibility index (Phi) is 5.93. The van der Waals surface area contributed by atoms with Gasteiger partial charge in [0.05, 0.1) is 12.2 Å². The highest BCUT2D eigenvalue weighted by molar-refractivity contribution is 6.74. The normalized spacial score (nSPS) is 15.2. The van der Waals surface area contributed by atoms with Crippen LogP contribution in [0.5, 0.6) is 0 Å². The van der Waals surface area contributed by atoms with Gasteiger partial charge in [0.25, 0.3) is 0 Å². The Morgan fingerprint density at radius 3 is 2.00 bits per heavy atom. The zero-order valence-electron chi connectivity index (χ0n) is 12.2. The molecule has 17 heavy (non-hydrogen) atoms. The van der Waals surface area contributed by atoms with Crippen molar-refractivity contribution in [3.8, 4) is 0 Å². The van der Waals surface area contributed by atoms with Gasteiger partial charge in [-0.05, 0) is 37.6 Å². The van der Waals surface area contributed by atoms with E-state index in [0.29, 0.717) is 12.5 Å². The maximum Gasteiger partial charge on any atom is 0.192 e. The van der Waals surface area contributed by atoms with Crippen molar-refractivity contribution in [2.75, 3.05) is 12.5 Å². The number of hydrogen-bond donors (Lipinski definition) is 1. The molecule has 2 nitrogen and oxygen atoms in total. The fourth-order valence-electron chi connectivity index (χ4n) is 1.03. The van der Waals surface area contributed by atoms with E-state index < -0.39 is 13.9 Å². The number of aliphatic hydroxyl groups is 1. The third-order valence-electron chi connectivity index (χ3n) is 3.51. The lowest BCUT2D eigenvalue weighted by atomic mass is 10.00. The molecule has 0 saturated heterocycles. The summed E-state index contributed by atoms with van der Waals surface area (Å²) < 4.78 is 6.01. The molecule has 0 saturated carbocycles. The van der Waals surface area contributed by atoms with Crippen LogP contribution in [0.2, 0.25) is 18.1 Å². The third kappa shape index (κ3) is 5.56. The number of hydrogen-bond acceptors (Lipinski definition) is 2. The van der Waals surface area contributed by atoms with Gasteiger partial charge >= 0.3 is 0 Å². The van der Waals surface area contributed by atoms with Gasteiger partial charge in [-0.3, -0.25) is 0 Å². The molecule has 0 rings (SSSR count). The molecule has 0 aromatic heterocycles. The summed E-state index contributed by atoms with van der Waals surface area (Å²) in [6.07, 6.45) is 1.91. The number of alkyl halides is 1. The minimum absolute atomic E-state index is 0.205. The van der Waals surface area contributed by atoms with Gasteiger partial charge in [-0.15, -0.1) is 11.6 Å². The molecule has 0 radical (unpaired) electrons. The van der Waals surface area contributed by atoms with Crippen molar-refractivity contribution in [2.45, 2.75) is 58.4 Å². The highest BCUT2D eigenvalue weighted by Crippen LogP contribution is 2.36. The molecule has 0 spiro atoms. The Morgan fingerprint density at radius 2 is 1.71 bits per heavy atom. The van der Waals surface area contributed by atoms with E-state index in [1.165, 1.54) is 0 Å². The Bertz CT molecular complexity index is 272. The summed E-state index contributed by atoms with van der Waals surface area (Å²) >= 11 is 5.82. The lowest BCUT2D eigenvalue weighted by Crippen LogP contribution is -2.40. The lowest BCUT2D eigenvalue weighted by molar-refractivity contribution is 0.119. The van der Waals surface area contributed by atoms with Gasteiger partial charge in [0, 0.05) is 5.88 Å². The van der Waals surface area contributed by atoms with Crippen LogP contribution in [0.25, 0.3) is 0 Å². The molecule has 0 atom stereocenters. The van der Waals surface area contributed by atoms with E-state index in [2.05, 4.69) is 33.9 Å². The molecule has 0 aliphatic heterocycles. The Balaban J connectivity index is 4.55. The molecule has 0 bridgehead atoms. The second kappa shape index (κ2) is 5.87. The van der Waals surface area contributed by atoms with Crippen LogP contribution in [0.15, 0.2) is 11.6 Å². The van der Waals surface area contributed by atoms with Gasteiger partial charge < -0.3 is 9.53 Å². The lowest BCUT2D eigenvalue weighted by Gasteiger charge is -2.36. The summed E-state index contributed by atoms with van der Waals surface area (Å²) in [6.45, 7) is 15.1. The number of rotatable bonds is 5. The van der Waals surface area contributed by atoms with Crippen LogP contribution in [-0.4, -0.2) is 31.5 Å². The molecule has 0 aliphatic rings. The number of halogens is 1. The van der Waals surface area contributed by atoms with Gasteiger partial charge in [0.2, 0.25) is 0 Å². The van der Waals surface area contributed by atoms with Gasteiger partial charge in [-0.1, -0.05) is 26.8 Å². The topological polar surface area (TPSA) is 29.5 Å². The summed E-state index contributed by atoms with van der Waals surface area (Å²) in [5, 5.41) is 10.1. The molecule has 0 aromatic rings. The third-order valence-corrected chi connectivity index (χ3v) is 8.30. The van der Waals surface area contributed by atoms with Crippen LogP contribution >= 0.6 is 11.6 Å². The Morgan fingerprint density at radius 1 is 1.24 bits per heavy atom. The van der Waals surface area contributed by atoms with E-state index in [1.807, 2.05) is 6.08 Å². The molecular formula is C13H27ClO2Si. The fourth-order valence-corrected chi connectivity index (χ4v) is 2.40. The molecule has 0 fully saturated rings. The summed E-state index contributed by atoms with van der Waals surface area (Å²) in [7, 11) is -1.71. The van der Waals surface area contributed by atoms with E-state index in [0.717, 1.165) is 5.57 Å². The minimum Gasteiger partial charge on any atom is -0.413 e. The van der Waals surface area contributed by atoms with Crippen LogP contribution in [0.1, 0.15) is 34.6 Å². The van der Waals surface area contributed by atoms with Crippen molar-refractivity contribution in [2.24, 2.45) is 0 Å². The molecular weight excluding hydrogens is 252 g/mol. The first-order valence-electron chi connectivity index (χ1n) is 6.03. The maximum atomic E-state index is 9.87. The highest BCUT2D eigenvalue weighted by atomic mass is 35.5. The van der Waals surface area contributed by atoms with Crippen molar-refractivity contribution in [1.82, 2.24) is 0 Å². The van der Waals surface area contributed by atoms with Crippen molar-refractivity contribution < 1.29 is 9.53 Å². The first-order valence-corrected chi connectivity index (χ1v) is 9.48. The van der Waals surface area contributed by atoms with Crippen LogP contribution < -0.4 is 0 Å². The average Bonchev–Trinajstić information content (AvgIpc) is 2.08. The van der Waals surface area contributed by atoms with E-state index in [4.69, 9.17) is 16.0 Å². The van der Waals surface area contributed by atoms with Crippen LogP contribution in [-0.2, 0) is 4.43 Å². The first-order chi connectivity index (χ1) is 7.42. The summed E-state index contributed by atoms with van der Waals surface area (Å²) in [6, 6.07) is 0. The minimum atomic E-state index is -1.71. The van der Waals surface area contributed by atoms with Gasteiger partial charge in [-0.25, -0.2) is 0 Å². The molecule has 0 unspecified atom stereocenters. The van der Waals surface area contributed by atoms with Crippen LogP contribution in [0.3, 0.4) is 0 Å². The quantitative estimate of drug-likeness (QED) is 0.469. The Labute approximate surface area is 112 Å². The largest absolute Gasteiger partial charge is 0.413 e. The predicted molar refractivity (Wildman–Crippen MR) is 78.2 cm³/mol. The monoisotopic (exact) mass is 278 g/mol. The van der Waals surface area contributed by atoms with Gasteiger partial charge in [0.15, 0.2) is 8.32 Å². The smallest absolute Gasteiger partial charge is 0.192 e. The SMILES string of the molecule is CC(C)(O)/C(=C\CO[Si](C)(C)C(C)(C)C)CCl. The standard InChI is InChI=1S/C13H27ClO2Si/c1-12(2,3)17(6,7)16-9-8-11(10-14)13(4,5)15/h8,15H,9-10H2,1-7H3/b11-8-. The van der Waals surface area contributed by atoms with Crippen LogP contribution in [0, 0.1) is 0 Å². The molecule has 0 heterocycles. The Hall–Kier alpha value is 0.167. The van der Waals surface area contributed by atoms with E-state index >= 15 is 0 Å². The van der Waals surface area contributed by atoms with E-state index in [-0.39, 0.29) is 5.04 Å². The van der Waals surface area contributed by atoms with Crippen molar-refractivity contribution in [1.29, 1.82) is 0 Å². The second-order valence-electron chi connectivity index (χ2n) is 6.49. The van der Waals surface area contributed by atoms with Crippen LogP contribution in [0.4, 0.5) is 0 Å². The molecule has 102 valence electrons. The van der Waals surface area contributed by atoms with Crippen molar-refractivity contribution >= 4 is 19.9 Å². The molecule has 0 amide bonds. The first kappa shape index (κ1) is 17.2. The second-order valence-corrected chi connectivity index (χ2v) is 11.6. The van der Waals surface area contributed by atoms with Crippen molar-refractivity contribution in [3.63, 3.8) is 0 Å². The fraction of sp³-hybridized carbons (Fsp3) is 0.846. The molecule has 0 aliphatic carbocycles. The maximum absolute atomic E-state index is 9.87. The highest BCUT2D eigenvalue weighted by Gasteiger charge is 2.36. The van der Waals surface area contributed by atoms with E-state index in [9.17, 15) is 5.11 Å². The average molecular weight is 279 g/mol. The summed E-state index contributed by atoms with van der Waals surface area (Å²) in [5.41, 5.74) is -0.0451. The zero-order valence-corrected chi connectivity index (χ0v) is 14.0. The van der Waals surface area contributed by atoms with Gasteiger partial charge in [0.1, 0.15) is 0 Å². The zero-order chi connectivity index (χ0) is 13.9. The van der Waals surface area contributed by atoms with E-state index in [1.54, 1.807) is 13.8 Å². The molecule has 4 heteroatoms. The van der Waals surface area contributed by atoms with Crippen molar-refractivity contribution in [3.05, 3.63) is 11.6 Å². The molecule has 0 aromatic carbocycles. The predicted octanol–water partition coefficient (Wildman–Crippen LogP) is 3.94. The summed E-state index contributed by atoms with van der Waals surface area (Å²) in [4.78, 5) is 0. The summed E-state index contributed by atoms with van der Waals surface area (Å²) in [5.74, 6) is 0.338. The molecule has 1 N–H and O–H groups in total.